The van der Waals surface area contributed by atoms with Gasteiger partial charge in [0.25, 0.3) is 5.91 Å². The summed E-state index contributed by atoms with van der Waals surface area (Å²) in [6.45, 7) is 0. The molecule has 0 unspecified atom stereocenters. The van der Waals surface area contributed by atoms with Crippen molar-refractivity contribution in [3.05, 3.63) is 15.9 Å². The number of hydrogen-bond donors (Lipinski definition) is 2. The second-order valence-electron chi connectivity index (χ2n) is 3.47. The SMILES string of the molecule is CS(=O)(=O)CC(=O)N=c1scc(CC(=O)O)n1O. The molecule has 0 aliphatic heterocycles. The lowest BCUT2D eigenvalue weighted by atomic mass is 10.3. The predicted octanol–water partition coefficient (Wildman–Crippen LogP) is -1.11. The number of sulfone groups is 1. The number of carboxylic acids is 1. The van der Waals surface area contributed by atoms with Crippen LogP contribution in [0.25, 0.3) is 0 Å². The standard InChI is InChI=1S/C8H10N2O6S2/c1-18(15,16)4-6(11)9-8-10(14)5(3-17-8)2-7(12)13/h3,14H,2,4H2,1H3,(H,12,13). The summed E-state index contributed by atoms with van der Waals surface area (Å²) >= 11 is 0.840. The van der Waals surface area contributed by atoms with Gasteiger partial charge < -0.3 is 10.3 Å². The van der Waals surface area contributed by atoms with E-state index in [2.05, 4.69) is 4.99 Å². The molecule has 1 heterocycles. The van der Waals surface area contributed by atoms with Crippen LogP contribution in [0.2, 0.25) is 0 Å². The molecule has 1 rings (SSSR count). The highest BCUT2D eigenvalue weighted by Crippen LogP contribution is 2.01. The Bertz CT molecular complexity index is 639. The molecule has 2 N–H and O–H groups in total. The van der Waals surface area contributed by atoms with Crippen LogP contribution in [0, 0.1) is 0 Å². The average molecular weight is 294 g/mol. The fourth-order valence-corrected chi connectivity index (χ4v) is 2.36. The number of amides is 1. The molecule has 0 bridgehead atoms. The van der Waals surface area contributed by atoms with E-state index in [1.165, 1.54) is 5.38 Å². The molecule has 0 saturated heterocycles. The Balaban J connectivity index is 3.01. The third-order valence-electron chi connectivity index (χ3n) is 1.69. The minimum absolute atomic E-state index is 0.0541. The van der Waals surface area contributed by atoms with E-state index in [4.69, 9.17) is 5.11 Å². The summed E-state index contributed by atoms with van der Waals surface area (Å²) in [7, 11) is -3.49. The molecule has 1 aromatic heterocycles. The van der Waals surface area contributed by atoms with Gasteiger partial charge in [0.1, 0.15) is 5.75 Å². The molecule has 0 aromatic carbocycles. The predicted molar refractivity (Wildman–Crippen MR) is 61.1 cm³/mol. The summed E-state index contributed by atoms with van der Waals surface area (Å²) in [6.07, 6.45) is 0.459. The van der Waals surface area contributed by atoms with Crippen LogP contribution in [0.1, 0.15) is 5.69 Å². The maximum absolute atomic E-state index is 11.2. The van der Waals surface area contributed by atoms with Crippen LogP contribution in [0.15, 0.2) is 10.4 Å². The summed E-state index contributed by atoms with van der Waals surface area (Å²) in [5.74, 6) is -2.84. The Morgan fingerprint density at radius 1 is 1.50 bits per heavy atom. The van der Waals surface area contributed by atoms with Crippen molar-refractivity contribution in [1.82, 2.24) is 4.73 Å². The van der Waals surface area contributed by atoms with Crippen molar-refractivity contribution >= 4 is 33.1 Å². The largest absolute Gasteiger partial charge is 0.481 e. The van der Waals surface area contributed by atoms with Crippen LogP contribution in [-0.4, -0.2) is 47.3 Å². The van der Waals surface area contributed by atoms with Gasteiger partial charge in [-0.15, -0.1) is 11.3 Å². The van der Waals surface area contributed by atoms with Gasteiger partial charge in [0.15, 0.2) is 9.84 Å². The van der Waals surface area contributed by atoms with E-state index in [9.17, 15) is 23.2 Å². The molecule has 0 radical (unpaired) electrons. The number of carbonyl (C=O) groups excluding carboxylic acids is 1. The van der Waals surface area contributed by atoms with Gasteiger partial charge in [0, 0.05) is 11.6 Å². The number of carboxylic acid groups (broad SMARTS) is 1. The van der Waals surface area contributed by atoms with Gasteiger partial charge in [-0.3, -0.25) is 9.59 Å². The highest BCUT2D eigenvalue weighted by atomic mass is 32.2. The second kappa shape index (κ2) is 5.31. The number of carbonyl (C=O) groups is 2. The lowest BCUT2D eigenvalue weighted by Crippen LogP contribution is -2.21. The van der Waals surface area contributed by atoms with Gasteiger partial charge in [-0.2, -0.15) is 9.72 Å². The quantitative estimate of drug-likeness (QED) is 0.678. The van der Waals surface area contributed by atoms with Gasteiger partial charge in [-0.25, -0.2) is 8.42 Å². The first-order chi connectivity index (χ1) is 8.19. The zero-order valence-electron chi connectivity index (χ0n) is 9.23. The third kappa shape index (κ3) is 4.30. The van der Waals surface area contributed by atoms with Crippen LogP contribution in [0.5, 0.6) is 0 Å². The highest BCUT2D eigenvalue weighted by molar-refractivity contribution is 7.91. The molecule has 100 valence electrons. The molecule has 8 nitrogen and oxygen atoms in total. The molecule has 0 fully saturated rings. The molecular formula is C8H10N2O6S2. The van der Waals surface area contributed by atoms with Crippen molar-refractivity contribution in [3.63, 3.8) is 0 Å². The molecule has 1 amide bonds. The number of rotatable bonds is 4. The zero-order valence-corrected chi connectivity index (χ0v) is 10.9. The number of aliphatic carboxylic acids is 1. The van der Waals surface area contributed by atoms with Crippen molar-refractivity contribution in [2.75, 3.05) is 12.0 Å². The lowest BCUT2D eigenvalue weighted by molar-refractivity contribution is -0.136. The maximum atomic E-state index is 11.2. The van der Waals surface area contributed by atoms with Gasteiger partial charge >= 0.3 is 5.97 Å². The molecule has 0 atom stereocenters. The Kier molecular flexibility index (Phi) is 4.24. The smallest absolute Gasteiger partial charge is 0.309 e. The van der Waals surface area contributed by atoms with Crippen molar-refractivity contribution in [3.8, 4) is 0 Å². The lowest BCUT2D eigenvalue weighted by Gasteiger charge is -1.96. The summed E-state index contributed by atoms with van der Waals surface area (Å²) < 4.78 is 22.1. The third-order valence-corrected chi connectivity index (χ3v) is 3.33. The second-order valence-corrected chi connectivity index (χ2v) is 6.44. The van der Waals surface area contributed by atoms with Crippen molar-refractivity contribution in [1.29, 1.82) is 0 Å². The number of thiazole rings is 1. The molecule has 10 heteroatoms. The Morgan fingerprint density at radius 3 is 2.61 bits per heavy atom. The van der Waals surface area contributed by atoms with E-state index in [1.807, 2.05) is 0 Å². The van der Waals surface area contributed by atoms with Gasteiger partial charge in [-0.1, -0.05) is 0 Å². The van der Waals surface area contributed by atoms with Crippen LogP contribution >= 0.6 is 11.3 Å². The summed E-state index contributed by atoms with van der Waals surface area (Å²) in [6, 6.07) is 0. The van der Waals surface area contributed by atoms with E-state index in [1.54, 1.807) is 0 Å². The van der Waals surface area contributed by atoms with E-state index in [0.717, 1.165) is 17.6 Å². The Hall–Kier alpha value is -1.68. The molecule has 0 aliphatic carbocycles. The fourth-order valence-electron chi connectivity index (χ4n) is 1.05. The Labute approximate surface area is 106 Å². The molecule has 0 aliphatic rings. The van der Waals surface area contributed by atoms with E-state index < -0.39 is 33.9 Å². The van der Waals surface area contributed by atoms with Crippen molar-refractivity contribution < 1.29 is 28.3 Å². The number of hydrogen-bond acceptors (Lipinski definition) is 6. The van der Waals surface area contributed by atoms with Gasteiger partial charge in [-0.05, 0) is 0 Å². The summed E-state index contributed by atoms with van der Waals surface area (Å²) in [5, 5.41) is 19.4. The summed E-state index contributed by atoms with van der Waals surface area (Å²) in [5.41, 5.74) is 0.0541. The molecule has 18 heavy (non-hydrogen) atoms. The highest BCUT2D eigenvalue weighted by Gasteiger charge is 2.12. The van der Waals surface area contributed by atoms with Crippen LogP contribution in [0.4, 0.5) is 0 Å². The van der Waals surface area contributed by atoms with Crippen molar-refractivity contribution in [2.24, 2.45) is 4.99 Å². The summed E-state index contributed by atoms with van der Waals surface area (Å²) in [4.78, 5) is 24.9. The Morgan fingerprint density at radius 2 is 2.11 bits per heavy atom. The minimum Gasteiger partial charge on any atom is -0.481 e. The van der Waals surface area contributed by atoms with Crippen LogP contribution < -0.4 is 4.80 Å². The molecule has 0 spiro atoms. The normalized spacial score (nSPS) is 12.6. The number of aromatic nitrogens is 1. The van der Waals surface area contributed by atoms with Crippen LogP contribution in [-0.2, 0) is 25.8 Å². The van der Waals surface area contributed by atoms with E-state index in [0.29, 0.717) is 4.73 Å². The first kappa shape index (κ1) is 14.4. The number of nitrogens with zero attached hydrogens (tertiary/aromatic N) is 2. The van der Waals surface area contributed by atoms with Crippen LogP contribution in [0.3, 0.4) is 0 Å². The van der Waals surface area contributed by atoms with E-state index >= 15 is 0 Å². The van der Waals surface area contributed by atoms with Gasteiger partial charge in [0.05, 0.1) is 12.1 Å². The van der Waals surface area contributed by atoms with Gasteiger partial charge in [0.2, 0.25) is 4.80 Å². The fraction of sp³-hybridized carbons (Fsp3) is 0.375. The average Bonchev–Trinajstić information content (AvgIpc) is 2.46. The first-order valence-electron chi connectivity index (χ1n) is 4.55. The topological polar surface area (TPSA) is 126 Å². The zero-order chi connectivity index (χ0) is 13.9. The minimum atomic E-state index is -3.49. The van der Waals surface area contributed by atoms with Crippen molar-refractivity contribution in [2.45, 2.75) is 6.42 Å². The molecule has 0 saturated carbocycles. The van der Waals surface area contributed by atoms with E-state index in [-0.39, 0.29) is 10.5 Å². The maximum Gasteiger partial charge on any atom is 0.309 e. The molecular weight excluding hydrogens is 284 g/mol. The monoisotopic (exact) mass is 294 g/mol. The first-order valence-corrected chi connectivity index (χ1v) is 7.49. The molecule has 1 aromatic rings.